The van der Waals surface area contributed by atoms with E-state index in [2.05, 4.69) is 0 Å². The predicted octanol–water partition coefficient (Wildman–Crippen LogP) is 2.19. The van der Waals surface area contributed by atoms with E-state index < -0.39 is 0 Å². The van der Waals surface area contributed by atoms with Gasteiger partial charge in [0.2, 0.25) is 0 Å². The number of cyclic esters (lactones) is 1. The van der Waals surface area contributed by atoms with E-state index in [1.54, 1.807) is 0 Å². The summed E-state index contributed by atoms with van der Waals surface area (Å²) < 4.78 is 5.35. The number of aldehydes is 1. The van der Waals surface area contributed by atoms with E-state index in [4.69, 9.17) is 4.74 Å². The van der Waals surface area contributed by atoms with Crippen LogP contribution < -0.4 is 0 Å². The first-order valence-electron chi connectivity index (χ1n) is 6.88. The van der Waals surface area contributed by atoms with Gasteiger partial charge < -0.3 is 9.53 Å². The maximum Gasteiger partial charge on any atom is 0.309 e. The normalized spacial score (nSPS) is 49.1. The Morgan fingerprint density at radius 3 is 2.82 bits per heavy atom. The van der Waals surface area contributed by atoms with Crippen molar-refractivity contribution in [1.82, 2.24) is 0 Å². The Bertz CT molecular complexity index is 338. The quantitative estimate of drug-likeness (QED) is 0.518. The monoisotopic (exact) mass is 236 g/mol. The SMILES string of the molecule is C[C@H]1OC(=O)[C@@H]2C[C@@H]3CCCC[C@H]3[C@H](C=O)[C@H]12. The van der Waals surface area contributed by atoms with Crippen molar-refractivity contribution in [1.29, 1.82) is 0 Å². The highest BCUT2D eigenvalue weighted by Crippen LogP contribution is 2.52. The Balaban J connectivity index is 1.90. The molecule has 2 saturated carbocycles. The van der Waals surface area contributed by atoms with Crippen LogP contribution in [-0.4, -0.2) is 18.4 Å². The molecule has 0 spiro atoms. The highest BCUT2D eigenvalue weighted by Gasteiger charge is 2.54. The van der Waals surface area contributed by atoms with E-state index in [0.717, 1.165) is 19.1 Å². The van der Waals surface area contributed by atoms with E-state index in [-0.39, 0.29) is 29.8 Å². The zero-order valence-corrected chi connectivity index (χ0v) is 10.3. The molecule has 0 N–H and O–H groups in total. The summed E-state index contributed by atoms with van der Waals surface area (Å²) >= 11 is 0. The summed E-state index contributed by atoms with van der Waals surface area (Å²) in [4.78, 5) is 23.3. The number of hydrogen-bond donors (Lipinski definition) is 0. The smallest absolute Gasteiger partial charge is 0.309 e. The molecule has 3 nitrogen and oxygen atoms in total. The minimum absolute atomic E-state index is 0.000417. The van der Waals surface area contributed by atoms with Crippen LogP contribution in [-0.2, 0) is 14.3 Å². The fraction of sp³-hybridized carbons (Fsp3) is 0.857. The van der Waals surface area contributed by atoms with Gasteiger partial charge in [0.15, 0.2) is 0 Å². The van der Waals surface area contributed by atoms with Gasteiger partial charge in [0.05, 0.1) is 5.92 Å². The third-order valence-electron chi connectivity index (χ3n) is 5.23. The summed E-state index contributed by atoms with van der Waals surface area (Å²) in [6, 6.07) is 0. The van der Waals surface area contributed by atoms with Gasteiger partial charge in [-0.05, 0) is 31.6 Å². The Kier molecular flexibility index (Phi) is 2.72. The molecule has 1 aliphatic heterocycles. The van der Waals surface area contributed by atoms with Crippen LogP contribution in [0.5, 0.6) is 0 Å². The van der Waals surface area contributed by atoms with Gasteiger partial charge in [-0.1, -0.05) is 19.3 Å². The van der Waals surface area contributed by atoms with Crippen LogP contribution in [0, 0.1) is 29.6 Å². The number of carbonyl (C=O) groups excluding carboxylic acids is 2. The number of carbonyl (C=O) groups is 2. The number of esters is 1. The summed E-state index contributed by atoms with van der Waals surface area (Å²) in [5.74, 6) is 1.25. The first kappa shape index (κ1) is 11.2. The Morgan fingerprint density at radius 2 is 2.06 bits per heavy atom. The Morgan fingerprint density at radius 1 is 1.29 bits per heavy atom. The van der Waals surface area contributed by atoms with Gasteiger partial charge in [0.25, 0.3) is 0 Å². The Labute approximate surface area is 102 Å². The summed E-state index contributed by atoms with van der Waals surface area (Å²) in [6.45, 7) is 1.95. The summed E-state index contributed by atoms with van der Waals surface area (Å²) in [5, 5.41) is 0. The fourth-order valence-corrected chi connectivity index (χ4v) is 4.51. The first-order valence-corrected chi connectivity index (χ1v) is 6.88. The highest BCUT2D eigenvalue weighted by atomic mass is 16.6. The number of ether oxygens (including phenoxy) is 1. The summed E-state index contributed by atoms with van der Waals surface area (Å²) in [6.07, 6.45) is 6.87. The second-order valence-electron chi connectivity index (χ2n) is 5.98. The molecule has 0 aromatic rings. The average molecular weight is 236 g/mol. The lowest BCUT2D eigenvalue weighted by Crippen LogP contribution is -2.44. The van der Waals surface area contributed by atoms with E-state index in [1.165, 1.54) is 19.3 Å². The lowest BCUT2D eigenvalue weighted by Gasteiger charge is -2.44. The molecule has 3 aliphatic rings. The number of rotatable bonds is 1. The van der Waals surface area contributed by atoms with E-state index >= 15 is 0 Å². The van der Waals surface area contributed by atoms with Crippen LogP contribution in [0.4, 0.5) is 0 Å². The van der Waals surface area contributed by atoms with E-state index in [0.29, 0.717) is 11.8 Å². The topological polar surface area (TPSA) is 43.4 Å². The van der Waals surface area contributed by atoms with E-state index in [9.17, 15) is 9.59 Å². The largest absolute Gasteiger partial charge is 0.462 e. The molecule has 0 bridgehead atoms. The highest BCUT2D eigenvalue weighted by molar-refractivity contribution is 5.76. The van der Waals surface area contributed by atoms with Crippen molar-refractivity contribution in [3.8, 4) is 0 Å². The number of hydrogen-bond acceptors (Lipinski definition) is 3. The van der Waals surface area contributed by atoms with Gasteiger partial charge >= 0.3 is 5.97 Å². The molecule has 3 fully saturated rings. The van der Waals surface area contributed by atoms with Crippen molar-refractivity contribution < 1.29 is 14.3 Å². The molecule has 0 aromatic carbocycles. The van der Waals surface area contributed by atoms with Crippen LogP contribution in [0.3, 0.4) is 0 Å². The molecule has 94 valence electrons. The predicted molar refractivity (Wildman–Crippen MR) is 62.2 cm³/mol. The van der Waals surface area contributed by atoms with Crippen LogP contribution in [0.2, 0.25) is 0 Å². The molecule has 3 heteroatoms. The molecule has 2 aliphatic carbocycles. The van der Waals surface area contributed by atoms with Crippen molar-refractivity contribution in [3.05, 3.63) is 0 Å². The van der Waals surface area contributed by atoms with Crippen LogP contribution in [0.15, 0.2) is 0 Å². The lowest BCUT2D eigenvalue weighted by atomic mass is 9.58. The van der Waals surface area contributed by atoms with Gasteiger partial charge in [-0.15, -0.1) is 0 Å². The average Bonchev–Trinajstić information content (AvgIpc) is 2.62. The van der Waals surface area contributed by atoms with Crippen molar-refractivity contribution in [2.75, 3.05) is 0 Å². The van der Waals surface area contributed by atoms with Crippen molar-refractivity contribution in [2.45, 2.75) is 45.1 Å². The van der Waals surface area contributed by atoms with Crippen molar-refractivity contribution >= 4 is 12.3 Å². The maximum absolute atomic E-state index is 11.8. The molecule has 0 radical (unpaired) electrons. The lowest BCUT2D eigenvalue weighted by molar-refractivity contribution is -0.144. The van der Waals surface area contributed by atoms with E-state index in [1.807, 2.05) is 6.92 Å². The molecule has 1 saturated heterocycles. The molecule has 1 heterocycles. The number of fused-ring (bicyclic) bond motifs is 2. The molecular weight excluding hydrogens is 216 g/mol. The third-order valence-corrected chi connectivity index (χ3v) is 5.23. The maximum atomic E-state index is 11.8. The molecular formula is C14H20O3. The zero-order chi connectivity index (χ0) is 12.0. The summed E-state index contributed by atoms with van der Waals surface area (Å²) in [5.41, 5.74) is 0. The molecule has 0 amide bonds. The second-order valence-corrected chi connectivity index (χ2v) is 5.98. The minimum Gasteiger partial charge on any atom is -0.462 e. The molecule has 3 rings (SSSR count). The van der Waals surface area contributed by atoms with Gasteiger partial charge in [-0.3, -0.25) is 4.79 Å². The van der Waals surface area contributed by atoms with Crippen LogP contribution in [0.25, 0.3) is 0 Å². The third kappa shape index (κ3) is 1.62. The molecule has 0 unspecified atom stereocenters. The van der Waals surface area contributed by atoms with Gasteiger partial charge in [-0.2, -0.15) is 0 Å². The van der Waals surface area contributed by atoms with Crippen LogP contribution >= 0.6 is 0 Å². The van der Waals surface area contributed by atoms with Gasteiger partial charge in [0.1, 0.15) is 12.4 Å². The Hall–Kier alpha value is -0.860. The van der Waals surface area contributed by atoms with Gasteiger partial charge in [0, 0.05) is 11.8 Å². The van der Waals surface area contributed by atoms with Crippen molar-refractivity contribution in [3.63, 3.8) is 0 Å². The summed E-state index contributed by atoms with van der Waals surface area (Å²) in [7, 11) is 0. The second kappa shape index (κ2) is 4.11. The molecule has 17 heavy (non-hydrogen) atoms. The minimum atomic E-state index is -0.0643. The molecule has 0 aromatic heterocycles. The zero-order valence-electron chi connectivity index (χ0n) is 10.3. The first-order chi connectivity index (χ1) is 8.22. The standard InChI is InChI=1S/C14H20O3/c1-8-13-11(14(16)17-8)6-9-4-2-3-5-10(9)12(13)7-15/h7-13H,2-6H2,1H3/t8-,9+,10-,11-,12+,13-/m1/s1. The fourth-order valence-electron chi connectivity index (χ4n) is 4.51. The van der Waals surface area contributed by atoms with Crippen LogP contribution in [0.1, 0.15) is 39.0 Å². The van der Waals surface area contributed by atoms with Crippen molar-refractivity contribution in [2.24, 2.45) is 29.6 Å². The molecule has 6 atom stereocenters. The van der Waals surface area contributed by atoms with Gasteiger partial charge in [-0.25, -0.2) is 0 Å².